The summed E-state index contributed by atoms with van der Waals surface area (Å²) in [7, 11) is 0. The quantitative estimate of drug-likeness (QED) is 0.798. The predicted octanol–water partition coefficient (Wildman–Crippen LogP) is 3.99. The first-order chi connectivity index (χ1) is 11.5. The summed E-state index contributed by atoms with van der Waals surface area (Å²) in [5.41, 5.74) is 1.70. The zero-order chi connectivity index (χ0) is 17.5. The lowest BCUT2D eigenvalue weighted by molar-refractivity contribution is -0.137. The van der Waals surface area contributed by atoms with E-state index in [1.807, 2.05) is 62.4 Å². The van der Waals surface area contributed by atoms with E-state index in [1.54, 1.807) is 11.8 Å². The highest BCUT2D eigenvalue weighted by atomic mass is 32.2. The molecule has 0 aromatic heterocycles. The fourth-order valence-electron chi connectivity index (χ4n) is 2.25. The average Bonchev–Trinajstić information content (AvgIpc) is 2.53. The normalized spacial score (nSPS) is 11.8. The first-order valence-corrected chi connectivity index (χ1v) is 8.61. The third-order valence-corrected chi connectivity index (χ3v) is 4.55. The topological polar surface area (TPSA) is 66.4 Å². The summed E-state index contributed by atoms with van der Waals surface area (Å²) in [5, 5.41) is 11.6. The molecule has 2 aromatic rings. The molecule has 0 saturated heterocycles. The number of aliphatic carboxylic acids is 1. The van der Waals surface area contributed by atoms with Crippen LogP contribution in [-0.4, -0.2) is 23.5 Å². The minimum absolute atomic E-state index is 0.0415. The highest BCUT2D eigenvalue weighted by Gasteiger charge is 2.15. The third-order valence-electron chi connectivity index (χ3n) is 3.49. The molecule has 2 N–H and O–H groups in total. The molecular weight excluding hydrogens is 322 g/mol. The molecule has 0 aliphatic rings. The molecule has 2 aromatic carbocycles. The summed E-state index contributed by atoms with van der Waals surface area (Å²) < 4.78 is 0. The molecular formula is C19H21NO3S. The molecule has 2 rings (SSSR count). The summed E-state index contributed by atoms with van der Waals surface area (Å²) in [6.45, 7) is 4.14. The van der Waals surface area contributed by atoms with Crippen LogP contribution in [-0.2, 0) is 4.79 Å². The van der Waals surface area contributed by atoms with Crippen molar-refractivity contribution in [1.82, 2.24) is 5.32 Å². The van der Waals surface area contributed by atoms with Gasteiger partial charge >= 0.3 is 5.97 Å². The van der Waals surface area contributed by atoms with Gasteiger partial charge in [0.1, 0.15) is 0 Å². The number of aryl methyl sites for hydroxylation is 1. The van der Waals surface area contributed by atoms with Gasteiger partial charge in [0, 0.05) is 22.8 Å². The minimum atomic E-state index is -0.854. The predicted molar refractivity (Wildman–Crippen MR) is 95.5 cm³/mol. The fourth-order valence-corrected chi connectivity index (χ4v) is 3.31. The molecule has 1 amide bonds. The molecule has 0 fully saturated rings. The number of carboxylic acid groups (broad SMARTS) is 1. The maximum atomic E-state index is 12.5. The number of hydrogen-bond donors (Lipinski definition) is 2. The number of nitrogens with one attached hydrogen (secondary N) is 1. The van der Waals surface area contributed by atoms with Crippen molar-refractivity contribution in [2.45, 2.75) is 30.1 Å². The molecule has 0 spiro atoms. The number of carbonyl (C=O) groups is 2. The molecule has 5 heteroatoms. The van der Waals surface area contributed by atoms with E-state index in [4.69, 9.17) is 5.11 Å². The van der Waals surface area contributed by atoms with E-state index in [9.17, 15) is 9.59 Å². The van der Waals surface area contributed by atoms with Crippen LogP contribution in [0, 0.1) is 12.8 Å². The van der Waals surface area contributed by atoms with Gasteiger partial charge in [-0.05, 0) is 42.7 Å². The Morgan fingerprint density at radius 1 is 1.17 bits per heavy atom. The largest absolute Gasteiger partial charge is 0.481 e. The van der Waals surface area contributed by atoms with Crippen molar-refractivity contribution >= 4 is 23.6 Å². The zero-order valence-electron chi connectivity index (χ0n) is 13.8. The van der Waals surface area contributed by atoms with Gasteiger partial charge in [0.2, 0.25) is 0 Å². The first kappa shape index (κ1) is 18.1. The van der Waals surface area contributed by atoms with Gasteiger partial charge in [0.25, 0.3) is 5.91 Å². The Hall–Kier alpha value is -2.27. The third kappa shape index (κ3) is 5.42. The number of rotatable bonds is 7. The molecule has 0 radical (unpaired) electrons. The van der Waals surface area contributed by atoms with Crippen LogP contribution in [0.1, 0.15) is 29.3 Å². The second-order valence-corrected chi connectivity index (χ2v) is 6.94. The van der Waals surface area contributed by atoms with Crippen molar-refractivity contribution < 1.29 is 14.7 Å². The smallest absolute Gasteiger partial charge is 0.303 e. The molecule has 0 aliphatic heterocycles. The lowest BCUT2D eigenvalue weighted by Gasteiger charge is -2.13. The number of carbonyl (C=O) groups excluding carboxylic acids is 1. The van der Waals surface area contributed by atoms with Gasteiger partial charge in [0.15, 0.2) is 0 Å². The van der Waals surface area contributed by atoms with Crippen LogP contribution in [0.15, 0.2) is 58.3 Å². The summed E-state index contributed by atoms with van der Waals surface area (Å²) in [6, 6.07) is 15.6. The summed E-state index contributed by atoms with van der Waals surface area (Å²) >= 11 is 1.55. The van der Waals surface area contributed by atoms with E-state index < -0.39 is 5.97 Å². The summed E-state index contributed by atoms with van der Waals surface area (Å²) in [6.07, 6.45) is 0.0415. The van der Waals surface area contributed by atoms with Gasteiger partial charge in [0.05, 0.1) is 5.56 Å². The molecule has 0 bridgehead atoms. The van der Waals surface area contributed by atoms with Crippen LogP contribution >= 0.6 is 11.8 Å². The molecule has 24 heavy (non-hydrogen) atoms. The van der Waals surface area contributed by atoms with Crippen LogP contribution in [0.3, 0.4) is 0 Å². The van der Waals surface area contributed by atoms with E-state index in [1.165, 1.54) is 0 Å². The Labute approximate surface area is 146 Å². The molecule has 0 saturated carbocycles. The Bertz CT molecular complexity index is 716. The Balaban J connectivity index is 2.11. The van der Waals surface area contributed by atoms with Gasteiger partial charge in [-0.1, -0.05) is 43.0 Å². The van der Waals surface area contributed by atoms with Crippen LogP contribution in [0.5, 0.6) is 0 Å². The molecule has 1 unspecified atom stereocenters. The maximum Gasteiger partial charge on any atom is 0.303 e. The van der Waals surface area contributed by atoms with Crippen molar-refractivity contribution in [2.24, 2.45) is 5.92 Å². The van der Waals surface area contributed by atoms with Crippen molar-refractivity contribution in [3.05, 3.63) is 59.7 Å². The van der Waals surface area contributed by atoms with E-state index in [2.05, 4.69) is 5.32 Å². The van der Waals surface area contributed by atoms with Crippen LogP contribution in [0.4, 0.5) is 0 Å². The van der Waals surface area contributed by atoms with Crippen molar-refractivity contribution in [1.29, 1.82) is 0 Å². The number of benzene rings is 2. The number of amides is 1. The molecule has 4 nitrogen and oxygen atoms in total. The highest BCUT2D eigenvalue weighted by Crippen LogP contribution is 2.31. The second kappa shape index (κ2) is 8.55. The van der Waals surface area contributed by atoms with E-state index >= 15 is 0 Å². The van der Waals surface area contributed by atoms with Crippen molar-refractivity contribution in [3.63, 3.8) is 0 Å². The lowest BCUT2D eigenvalue weighted by Crippen LogP contribution is -2.29. The van der Waals surface area contributed by atoms with Gasteiger partial charge < -0.3 is 10.4 Å². The number of carboxylic acids is 1. The maximum absolute atomic E-state index is 12.5. The average molecular weight is 343 g/mol. The number of hydrogen-bond acceptors (Lipinski definition) is 3. The van der Waals surface area contributed by atoms with Gasteiger partial charge in [-0.2, -0.15) is 0 Å². The zero-order valence-corrected chi connectivity index (χ0v) is 14.6. The standard InChI is InChI=1S/C19H21NO3S/c1-13-8-9-16(19(23)20-12-14(2)11-18(21)22)17(10-13)24-15-6-4-3-5-7-15/h3-10,14H,11-12H2,1-2H3,(H,20,23)(H,21,22). The van der Waals surface area contributed by atoms with Crippen molar-refractivity contribution in [2.75, 3.05) is 6.54 Å². The first-order valence-electron chi connectivity index (χ1n) is 7.79. The molecule has 0 heterocycles. The highest BCUT2D eigenvalue weighted by molar-refractivity contribution is 7.99. The Morgan fingerprint density at radius 3 is 2.54 bits per heavy atom. The van der Waals surface area contributed by atoms with Crippen molar-refractivity contribution in [3.8, 4) is 0 Å². The second-order valence-electron chi connectivity index (χ2n) is 5.83. The van der Waals surface area contributed by atoms with Gasteiger partial charge in [-0.15, -0.1) is 0 Å². The minimum Gasteiger partial charge on any atom is -0.481 e. The van der Waals surface area contributed by atoms with E-state index in [0.29, 0.717) is 12.1 Å². The molecule has 0 aliphatic carbocycles. The van der Waals surface area contributed by atoms with Crippen LogP contribution < -0.4 is 5.32 Å². The molecule has 1 atom stereocenters. The lowest BCUT2D eigenvalue weighted by atomic mass is 10.1. The van der Waals surface area contributed by atoms with Crippen LogP contribution in [0.2, 0.25) is 0 Å². The molecule has 126 valence electrons. The summed E-state index contributed by atoms with van der Waals surface area (Å²) in [5.74, 6) is -1.14. The van der Waals surface area contributed by atoms with Gasteiger partial charge in [-0.3, -0.25) is 9.59 Å². The van der Waals surface area contributed by atoms with Crippen LogP contribution in [0.25, 0.3) is 0 Å². The fraction of sp³-hybridized carbons (Fsp3) is 0.263. The Kier molecular flexibility index (Phi) is 6.44. The summed E-state index contributed by atoms with van der Waals surface area (Å²) in [4.78, 5) is 25.1. The van der Waals surface area contributed by atoms with E-state index in [-0.39, 0.29) is 18.2 Å². The SMILES string of the molecule is Cc1ccc(C(=O)NCC(C)CC(=O)O)c(Sc2ccccc2)c1. The monoisotopic (exact) mass is 343 g/mol. The van der Waals surface area contributed by atoms with Gasteiger partial charge in [-0.25, -0.2) is 0 Å². The van der Waals surface area contributed by atoms with E-state index in [0.717, 1.165) is 15.4 Å². The Morgan fingerprint density at radius 2 is 1.88 bits per heavy atom.